The number of carbonyl (C=O) groups is 1. The summed E-state index contributed by atoms with van der Waals surface area (Å²) in [7, 11) is -3.97. The normalized spacial score (nSPS) is 10.9. The van der Waals surface area contributed by atoms with E-state index in [1.54, 1.807) is 84.9 Å². The molecule has 6 nitrogen and oxygen atoms in total. The maximum Gasteiger partial charge on any atom is 0.264 e. The van der Waals surface area contributed by atoms with E-state index in [4.69, 9.17) is 4.74 Å². The highest BCUT2D eigenvalue weighted by atomic mass is 32.2. The van der Waals surface area contributed by atoms with Gasteiger partial charge < -0.3 is 10.1 Å². The lowest BCUT2D eigenvalue weighted by molar-refractivity contribution is 0.102. The molecule has 7 heteroatoms. The van der Waals surface area contributed by atoms with E-state index in [9.17, 15) is 13.2 Å². The summed E-state index contributed by atoms with van der Waals surface area (Å²) in [5.41, 5.74) is 1.87. The van der Waals surface area contributed by atoms with E-state index in [2.05, 4.69) is 11.9 Å². The van der Waals surface area contributed by atoms with Gasteiger partial charge in [-0.2, -0.15) is 0 Å². The molecule has 4 aromatic rings. The maximum atomic E-state index is 13.8. The molecule has 0 unspecified atom stereocenters. The number of hydrogen-bond acceptors (Lipinski definition) is 4. The smallest absolute Gasteiger partial charge is 0.264 e. The Kier molecular flexibility index (Phi) is 7.82. The van der Waals surface area contributed by atoms with Gasteiger partial charge >= 0.3 is 0 Å². The first kappa shape index (κ1) is 24.8. The van der Waals surface area contributed by atoms with Crippen LogP contribution in [0.5, 0.6) is 5.75 Å². The first-order valence-corrected chi connectivity index (χ1v) is 12.8. The third-order valence-corrected chi connectivity index (χ3v) is 7.17. The monoisotopic (exact) mass is 498 g/mol. The van der Waals surface area contributed by atoms with Crippen molar-refractivity contribution in [3.05, 3.63) is 133 Å². The van der Waals surface area contributed by atoms with Gasteiger partial charge in [-0.25, -0.2) is 8.42 Å². The fraction of sp³-hybridized carbons (Fsp3) is 0.0690. The van der Waals surface area contributed by atoms with Crippen LogP contribution < -0.4 is 14.4 Å². The number of ether oxygens (including phenoxy) is 1. The first-order valence-electron chi connectivity index (χ1n) is 11.3. The molecule has 4 rings (SSSR count). The van der Waals surface area contributed by atoms with Crippen LogP contribution in [0.1, 0.15) is 15.9 Å². The summed E-state index contributed by atoms with van der Waals surface area (Å²) < 4.78 is 34.3. The summed E-state index contributed by atoms with van der Waals surface area (Å²) in [6.45, 7) is 4.07. The zero-order valence-corrected chi connectivity index (χ0v) is 20.4. The molecule has 0 aliphatic carbocycles. The van der Waals surface area contributed by atoms with Crippen LogP contribution in [0.4, 0.5) is 11.4 Å². The van der Waals surface area contributed by atoms with Crippen molar-refractivity contribution in [2.45, 2.75) is 11.4 Å². The van der Waals surface area contributed by atoms with E-state index in [1.807, 2.05) is 30.3 Å². The summed E-state index contributed by atoms with van der Waals surface area (Å²) in [6.07, 6.45) is 1.65. The largest absolute Gasteiger partial charge is 0.490 e. The summed E-state index contributed by atoms with van der Waals surface area (Å²) in [5, 5.41) is 2.86. The number of amides is 1. The number of para-hydroxylation sites is 1. The molecule has 182 valence electrons. The lowest BCUT2D eigenvalue weighted by atomic mass is 10.1. The molecule has 36 heavy (non-hydrogen) atoms. The van der Waals surface area contributed by atoms with Gasteiger partial charge in [-0.05, 0) is 54.1 Å². The number of benzene rings is 4. The number of carbonyl (C=O) groups excluding carboxylic acids is 1. The van der Waals surface area contributed by atoms with E-state index in [0.717, 1.165) is 5.56 Å². The molecular formula is C29H26N2O4S. The molecule has 0 fully saturated rings. The van der Waals surface area contributed by atoms with E-state index in [-0.39, 0.29) is 22.7 Å². The molecule has 1 amide bonds. The quantitative estimate of drug-likeness (QED) is 0.276. The minimum atomic E-state index is -3.97. The van der Waals surface area contributed by atoms with Crippen LogP contribution in [0, 0.1) is 0 Å². The van der Waals surface area contributed by atoms with E-state index < -0.39 is 15.9 Å². The number of anilines is 2. The van der Waals surface area contributed by atoms with Gasteiger partial charge in [-0.15, -0.1) is 0 Å². The number of nitrogens with one attached hydrogen (secondary N) is 1. The van der Waals surface area contributed by atoms with Gasteiger partial charge in [0.25, 0.3) is 15.9 Å². The standard InChI is InChI=1S/C29H26N2O4S/c1-2-21-35-25-19-17-24(18-20-25)30-29(32)27-15-9-10-16-28(27)31(22-23-11-5-3-6-12-23)36(33,34)26-13-7-4-8-14-26/h2-20H,1,21-22H2,(H,30,32). The predicted octanol–water partition coefficient (Wildman–Crippen LogP) is 5.90. The van der Waals surface area contributed by atoms with Crippen LogP contribution in [-0.2, 0) is 16.6 Å². The number of nitrogens with zero attached hydrogens (tertiary/aromatic N) is 1. The van der Waals surface area contributed by atoms with Crippen molar-refractivity contribution in [1.82, 2.24) is 0 Å². The molecule has 0 saturated heterocycles. The third kappa shape index (κ3) is 5.82. The fourth-order valence-corrected chi connectivity index (χ4v) is 5.13. The Morgan fingerprint density at radius 1 is 0.833 bits per heavy atom. The molecule has 0 atom stereocenters. The van der Waals surface area contributed by atoms with Crippen molar-refractivity contribution in [2.24, 2.45) is 0 Å². The van der Waals surface area contributed by atoms with Crippen LogP contribution in [0.2, 0.25) is 0 Å². The van der Waals surface area contributed by atoms with Crippen molar-refractivity contribution in [1.29, 1.82) is 0 Å². The second kappa shape index (κ2) is 11.4. The fourth-order valence-electron chi connectivity index (χ4n) is 3.64. The summed E-state index contributed by atoms with van der Waals surface area (Å²) in [4.78, 5) is 13.5. The van der Waals surface area contributed by atoms with Crippen LogP contribution in [0.25, 0.3) is 0 Å². The molecule has 0 saturated carbocycles. The van der Waals surface area contributed by atoms with Gasteiger partial charge in [0.1, 0.15) is 12.4 Å². The van der Waals surface area contributed by atoms with Crippen molar-refractivity contribution in [3.63, 3.8) is 0 Å². The topological polar surface area (TPSA) is 75.7 Å². The molecular weight excluding hydrogens is 472 g/mol. The molecule has 1 N–H and O–H groups in total. The molecule has 0 aromatic heterocycles. The van der Waals surface area contributed by atoms with Crippen molar-refractivity contribution >= 4 is 27.3 Å². The van der Waals surface area contributed by atoms with Gasteiger partial charge in [0.2, 0.25) is 0 Å². The lowest BCUT2D eigenvalue weighted by Crippen LogP contribution is -2.32. The second-order valence-electron chi connectivity index (χ2n) is 7.91. The average molecular weight is 499 g/mol. The molecule has 4 aromatic carbocycles. The Morgan fingerprint density at radius 2 is 1.44 bits per heavy atom. The Labute approximate surface area is 211 Å². The zero-order valence-electron chi connectivity index (χ0n) is 19.6. The van der Waals surface area contributed by atoms with Gasteiger partial charge in [-0.1, -0.05) is 73.3 Å². The molecule has 0 spiro atoms. The Morgan fingerprint density at radius 3 is 2.11 bits per heavy atom. The van der Waals surface area contributed by atoms with Crippen LogP contribution in [-0.4, -0.2) is 20.9 Å². The minimum absolute atomic E-state index is 0.0672. The van der Waals surface area contributed by atoms with Crippen LogP contribution >= 0.6 is 0 Å². The number of sulfonamides is 1. The van der Waals surface area contributed by atoms with Crippen molar-refractivity contribution in [3.8, 4) is 5.75 Å². The van der Waals surface area contributed by atoms with E-state index in [0.29, 0.717) is 18.0 Å². The Bertz CT molecular complexity index is 1420. The van der Waals surface area contributed by atoms with Gasteiger partial charge in [0, 0.05) is 5.69 Å². The number of rotatable bonds is 10. The molecule has 0 heterocycles. The van der Waals surface area contributed by atoms with E-state index >= 15 is 0 Å². The second-order valence-corrected chi connectivity index (χ2v) is 9.77. The summed E-state index contributed by atoms with van der Waals surface area (Å²) in [6, 6.07) is 31.1. The highest BCUT2D eigenvalue weighted by Crippen LogP contribution is 2.30. The Balaban J connectivity index is 1.69. The number of hydrogen-bond donors (Lipinski definition) is 1. The van der Waals surface area contributed by atoms with Gasteiger partial charge in [0.15, 0.2) is 0 Å². The summed E-state index contributed by atoms with van der Waals surface area (Å²) in [5.74, 6) is 0.225. The molecule has 0 aliphatic rings. The van der Waals surface area contributed by atoms with Crippen molar-refractivity contribution in [2.75, 3.05) is 16.2 Å². The van der Waals surface area contributed by atoms with Crippen molar-refractivity contribution < 1.29 is 17.9 Å². The molecule has 0 radical (unpaired) electrons. The molecule has 0 bridgehead atoms. The summed E-state index contributed by atoms with van der Waals surface area (Å²) >= 11 is 0. The van der Waals surface area contributed by atoms with E-state index in [1.165, 1.54) is 4.31 Å². The highest BCUT2D eigenvalue weighted by Gasteiger charge is 2.28. The predicted molar refractivity (Wildman–Crippen MR) is 143 cm³/mol. The maximum absolute atomic E-state index is 13.8. The van der Waals surface area contributed by atoms with Crippen LogP contribution in [0.15, 0.2) is 127 Å². The minimum Gasteiger partial charge on any atom is -0.490 e. The SMILES string of the molecule is C=CCOc1ccc(NC(=O)c2ccccc2N(Cc2ccccc2)S(=O)(=O)c2ccccc2)cc1. The average Bonchev–Trinajstić information content (AvgIpc) is 2.92. The lowest BCUT2D eigenvalue weighted by Gasteiger charge is -2.26. The Hall–Kier alpha value is -4.36. The third-order valence-electron chi connectivity index (χ3n) is 5.40. The molecule has 0 aliphatic heterocycles. The van der Waals surface area contributed by atoms with Gasteiger partial charge in [-0.3, -0.25) is 9.10 Å². The zero-order chi connectivity index (χ0) is 25.4. The van der Waals surface area contributed by atoms with Crippen LogP contribution in [0.3, 0.4) is 0 Å². The highest BCUT2D eigenvalue weighted by molar-refractivity contribution is 7.92. The van der Waals surface area contributed by atoms with Gasteiger partial charge in [0.05, 0.1) is 22.7 Å². The first-order chi connectivity index (χ1) is 17.5.